The van der Waals surface area contributed by atoms with Gasteiger partial charge in [-0.1, -0.05) is 83.1 Å². The molecule has 0 N–H and O–H groups in total. The highest BCUT2D eigenvalue weighted by molar-refractivity contribution is 6.94. The van der Waals surface area contributed by atoms with Crippen molar-refractivity contribution in [3.05, 3.63) is 44.8 Å². The Balaban J connectivity index is 1.92. The first-order valence-corrected chi connectivity index (χ1v) is 20.7. The fourth-order valence-corrected chi connectivity index (χ4v) is 25.5. The second-order valence-electron chi connectivity index (χ2n) is 15.9. The topological polar surface area (TPSA) is 52.6 Å². The SMILES string of the molecule is CC(C)[Si](C1=C2C(=C[C@]34OC(C)(C)O[C@]23C=C2CC(=O)C([Si](C(C)C)(C(C)C)C(C)C)=C24)CC1=O)(C(C)C)C(C)C. The normalized spacial score (nSPS) is 29.3. The van der Waals surface area contributed by atoms with Crippen LogP contribution in [-0.2, 0) is 19.1 Å². The van der Waals surface area contributed by atoms with Gasteiger partial charge in [0.15, 0.2) is 28.6 Å². The molecule has 0 unspecified atom stereocenters. The van der Waals surface area contributed by atoms with Crippen molar-refractivity contribution in [2.24, 2.45) is 0 Å². The zero-order chi connectivity index (χ0) is 30.8. The van der Waals surface area contributed by atoms with Gasteiger partial charge in [0.2, 0.25) is 0 Å². The number of Topliss-reactive ketones (excluding diaryl/α,β-unsaturated/α-hetero) is 2. The molecule has 0 spiro atoms. The van der Waals surface area contributed by atoms with Gasteiger partial charge in [0, 0.05) is 12.8 Å². The first-order chi connectivity index (χ1) is 18.8. The van der Waals surface area contributed by atoms with Gasteiger partial charge in [0.1, 0.15) is 0 Å². The molecule has 0 aromatic rings. The molecule has 0 aromatic heterocycles. The molecule has 0 aromatic carbocycles. The highest BCUT2D eigenvalue weighted by atomic mass is 28.3. The van der Waals surface area contributed by atoms with Crippen LogP contribution in [0.3, 0.4) is 0 Å². The van der Waals surface area contributed by atoms with Crippen LogP contribution in [0, 0.1) is 0 Å². The van der Waals surface area contributed by atoms with Gasteiger partial charge in [-0.3, -0.25) is 9.59 Å². The Kier molecular flexibility index (Phi) is 7.07. The van der Waals surface area contributed by atoms with Crippen LogP contribution in [0.1, 0.15) is 110 Å². The molecular weight excluding hydrogens is 541 g/mol. The fourth-order valence-electron chi connectivity index (χ4n) is 11.4. The summed E-state index contributed by atoms with van der Waals surface area (Å²) >= 11 is 0. The van der Waals surface area contributed by atoms with Crippen molar-refractivity contribution in [1.82, 2.24) is 0 Å². The zero-order valence-corrected chi connectivity index (χ0v) is 30.2. The third-order valence-corrected chi connectivity index (χ3v) is 26.1. The lowest BCUT2D eigenvalue weighted by Gasteiger charge is -2.47. The van der Waals surface area contributed by atoms with Crippen LogP contribution in [0.2, 0.25) is 33.2 Å². The van der Waals surface area contributed by atoms with Crippen LogP contribution in [0.15, 0.2) is 44.8 Å². The molecule has 5 aliphatic rings. The number of fused-ring (bicyclic) bond motifs is 2. The molecule has 4 nitrogen and oxygen atoms in total. The average Bonchev–Trinajstić information content (AvgIpc) is 3.46. The Hall–Kier alpha value is -1.35. The summed E-state index contributed by atoms with van der Waals surface area (Å²) in [5.41, 5.74) is 5.07. The van der Waals surface area contributed by atoms with E-state index in [0.29, 0.717) is 57.7 Å². The van der Waals surface area contributed by atoms with Gasteiger partial charge in [0.25, 0.3) is 0 Å². The Morgan fingerprint density at radius 3 is 1.07 bits per heavy atom. The third kappa shape index (κ3) is 3.51. The second-order valence-corrected chi connectivity index (χ2v) is 27.6. The smallest absolute Gasteiger partial charge is 0.166 e. The van der Waals surface area contributed by atoms with E-state index in [1.807, 2.05) is 13.8 Å². The van der Waals surface area contributed by atoms with Crippen molar-refractivity contribution in [1.29, 1.82) is 0 Å². The van der Waals surface area contributed by atoms with Gasteiger partial charge < -0.3 is 9.47 Å². The van der Waals surface area contributed by atoms with Crippen LogP contribution in [-0.4, -0.2) is 44.7 Å². The number of allylic oxidation sites excluding steroid dienone is 2. The Labute approximate surface area is 251 Å². The van der Waals surface area contributed by atoms with Crippen LogP contribution in [0.25, 0.3) is 0 Å². The average molecular weight is 595 g/mol. The molecule has 1 aliphatic heterocycles. The molecule has 1 fully saturated rings. The predicted molar refractivity (Wildman–Crippen MR) is 173 cm³/mol. The van der Waals surface area contributed by atoms with Gasteiger partial charge >= 0.3 is 0 Å². The van der Waals surface area contributed by atoms with Crippen molar-refractivity contribution >= 4 is 27.7 Å². The van der Waals surface area contributed by atoms with Crippen molar-refractivity contribution in [3.8, 4) is 0 Å². The van der Waals surface area contributed by atoms with Crippen molar-refractivity contribution < 1.29 is 19.1 Å². The summed E-state index contributed by atoms with van der Waals surface area (Å²) in [6.07, 6.45) is 5.37. The van der Waals surface area contributed by atoms with Gasteiger partial charge in [-0.2, -0.15) is 0 Å². The summed E-state index contributed by atoms with van der Waals surface area (Å²) in [4.78, 5) is 28.5. The zero-order valence-electron chi connectivity index (χ0n) is 28.2. The van der Waals surface area contributed by atoms with Crippen LogP contribution in [0.4, 0.5) is 0 Å². The van der Waals surface area contributed by atoms with Crippen LogP contribution < -0.4 is 0 Å². The molecule has 5 rings (SSSR count). The van der Waals surface area contributed by atoms with E-state index in [4.69, 9.17) is 9.47 Å². The molecule has 1 heterocycles. The van der Waals surface area contributed by atoms with E-state index in [1.54, 1.807) is 0 Å². The quantitative estimate of drug-likeness (QED) is 0.263. The van der Waals surface area contributed by atoms with E-state index >= 15 is 0 Å². The van der Waals surface area contributed by atoms with E-state index in [1.165, 1.54) is 0 Å². The van der Waals surface area contributed by atoms with E-state index in [-0.39, 0.29) is 0 Å². The lowest BCUT2D eigenvalue weighted by atomic mass is 9.83. The molecule has 0 radical (unpaired) electrons. The van der Waals surface area contributed by atoms with Crippen LogP contribution in [0.5, 0.6) is 0 Å². The van der Waals surface area contributed by atoms with Gasteiger partial charge in [0.05, 0.1) is 16.1 Å². The molecule has 1 saturated heterocycles. The maximum atomic E-state index is 14.2. The predicted octanol–water partition coefficient (Wildman–Crippen LogP) is 9.10. The molecule has 0 amide bonds. The summed E-state index contributed by atoms with van der Waals surface area (Å²) < 4.78 is 14.3. The summed E-state index contributed by atoms with van der Waals surface area (Å²) in [7, 11) is -4.65. The Morgan fingerprint density at radius 1 is 0.561 bits per heavy atom. The fraction of sp³-hybridized carbons (Fsp3) is 0.714. The molecule has 0 bridgehead atoms. The number of ether oxygens (including phenoxy) is 2. The number of carbonyl (C=O) groups is 2. The number of rotatable bonds is 8. The van der Waals surface area contributed by atoms with Crippen LogP contribution >= 0.6 is 0 Å². The second kappa shape index (κ2) is 9.33. The van der Waals surface area contributed by atoms with Crippen molar-refractivity contribution in [3.63, 3.8) is 0 Å². The highest BCUT2D eigenvalue weighted by Crippen LogP contribution is 2.71. The number of carbonyl (C=O) groups excluding carboxylic acids is 2. The van der Waals surface area contributed by atoms with Crippen molar-refractivity contribution in [2.45, 2.75) is 160 Å². The minimum Gasteiger partial charge on any atom is -0.331 e. The van der Waals surface area contributed by atoms with Gasteiger partial charge in [-0.25, -0.2) is 0 Å². The Morgan fingerprint density at radius 2 is 0.829 bits per heavy atom. The molecule has 0 saturated carbocycles. The third-order valence-electron chi connectivity index (χ3n) is 11.9. The summed E-state index contributed by atoms with van der Waals surface area (Å²) in [5, 5.41) is 2.19. The Bertz CT molecular complexity index is 1190. The van der Waals surface area contributed by atoms with E-state index in [9.17, 15) is 9.59 Å². The summed E-state index contributed by atoms with van der Waals surface area (Å²) in [6.45, 7) is 32.0. The molecule has 41 heavy (non-hydrogen) atoms. The largest absolute Gasteiger partial charge is 0.331 e. The number of hydrogen-bond donors (Lipinski definition) is 0. The first kappa shape index (κ1) is 31.1. The molecule has 226 valence electrons. The summed E-state index contributed by atoms with van der Waals surface area (Å²) in [5.74, 6) is -0.268. The maximum absolute atomic E-state index is 14.2. The molecule has 2 atom stereocenters. The summed E-state index contributed by atoms with van der Waals surface area (Å²) in [6, 6.07) is 0. The lowest BCUT2D eigenvalue weighted by Crippen LogP contribution is -2.54. The minimum atomic E-state index is -2.32. The van der Waals surface area contributed by atoms with Gasteiger partial charge in [-0.05, 0) is 91.9 Å². The molecular formula is C35H54O4Si2. The maximum Gasteiger partial charge on any atom is 0.166 e. The van der Waals surface area contributed by atoms with E-state index in [0.717, 1.165) is 32.7 Å². The molecule has 4 aliphatic carbocycles. The van der Waals surface area contributed by atoms with Crippen molar-refractivity contribution in [2.75, 3.05) is 0 Å². The highest BCUT2D eigenvalue weighted by Gasteiger charge is 2.76. The molecule has 6 heteroatoms. The van der Waals surface area contributed by atoms with E-state index < -0.39 is 33.1 Å². The lowest BCUT2D eigenvalue weighted by molar-refractivity contribution is -0.157. The standard InChI is InChI=1S/C35H54O4Si2/c1-19(2)40(20(3)4,21(5)6)31-27(36)15-25-17-35-30-26(18-34(35,29(25)31)38-33(13,14)39-35)16-28(37)32(30)41(22(7)8,23(9)10)24(11)12/h17-24H,15-16H2,1-14H3/t34-,35-/m1/s1. The first-order valence-electron chi connectivity index (χ1n) is 16.2. The van der Waals surface area contributed by atoms with E-state index in [2.05, 4.69) is 95.2 Å². The number of ketones is 2. The monoisotopic (exact) mass is 594 g/mol. The minimum absolute atomic E-state index is 0.293. The number of hydrogen-bond acceptors (Lipinski definition) is 4. The van der Waals surface area contributed by atoms with Gasteiger partial charge in [-0.15, -0.1) is 0 Å².